The summed E-state index contributed by atoms with van der Waals surface area (Å²) in [6.07, 6.45) is 3.10. The predicted molar refractivity (Wildman–Crippen MR) is 108 cm³/mol. The summed E-state index contributed by atoms with van der Waals surface area (Å²) in [6, 6.07) is -0.859. The van der Waals surface area contributed by atoms with Crippen LogP contribution in [-0.2, 0) is 14.3 Å². The van der Waals surface area contributed by atoms with Crippen LogP contribution >= 0.6 is 11.3 Å². The summed E-state index contributed by atoms with van der Waals surface area (Å²) < 4.78 is 11.1. The van der Waals surface area contributed by atoms with Gasteiger partial charge in [0.15, 0.2) is 0 Å². The van der Waals surface area contributed by atoms with Gasteiger partial charge in [-0.25, -0.2) is 9.59 Å². The monoisotopic (exact) mass is 438 g/mol. The van der Waals surface area contributed by atoms with Gasteiger partial charge in [0, 0.05) is 0 Å². The summed E-state index contributed by atoms with van der Waals surface area (Å²) in [5, 5.41) is 17.5. The van der Waals surface area contributed by atoms with Gasteiger partial charge >= 0.3 is 17.6 Å². The van der Waals surface area contributed by atoms with Crippen molar-refractivity contribution in [2.75, 3.05) is 19.0 Å². The molecule has 0 aliphatic rings. The van der Waals surface area contributed by atoms with Crippen molar-refractivity contribution in [3.8, 4) is 0 Å². The first-order valence-electron chi connectivity index (χ1n) is 9.13. The predicted octanol–water partition coefficient (Wildman–Crippen LogP) is 3.10. The number of esters is 2. The van der Waals surface area contributed by atoms with Crippen molar-refractivity contribution in [3.05, 3.63) is 38.5 Å². The third kappa shape index (κ3) is 4.82. The van der Waals surface area contributed by atoms with Crippen molar-refractivity contribution in [3.63, 3.8) is 0 Å². The molecule has 12 heteroatoms. The lowest BCUT2D eigenvalue weighted by molar-refractivity contribution is -0.385. The van der Waals surface area contributed by atoms with E-state index in [-0.39, 0.29) is 34.2 Å². The first-order chi connectivity index (χ1) is 14.2. The lowest BCUT2D eigenvalue weighted by Crippen LogP contribution is -2.26. The summed E-state index contributed by atoms with van der Waals surface area (Å²) in [5.41, 5.74) is 0.166. The zero-order chi connectivity index (χ0) is 22.4. The average molecular weight is 438 g/mol. The van der Waals surface area contributed by atoms with Crippen LogP contribution in [0.4, 0.5) is 10.7 Å². The first-order valence-corrected chi connectivity index (χ1v) is 9.94. The number of carbonyl (C=O) groups is 3. The Balaban J connectivity index is 2.38. The maximum Gasteiger partial charge on any atom is 0.348 e. The molecule has 0 bridgehead atoms. The third-order valence-electron chi connectivity index (χ3n) is 4.20. The van der Waals surface area contributed by atoms with E-state index in [1.165, 1.54) is 11.8 Å². The van der Waals surface area contributed by atoms with E-state index in [4.69, 9.17) is 9.47 Å². The zero-order valence-electron chi connectivity index (χ0n) is 17.0. The van der Waals surface area contributed by atoms with Gasteiger partial charge in [0.1, 0.15) is 28.3 Å². The van der Waals surface area contributed by atoms with Crippen LogP contribution in [0.15, 0.2) is 12.4 Å². The third-order valence-corrected chi connectivity index (χ3v) is 5.39. The summed E-state index contributed by atoms with van der Waals surface area (Å²) >= 11 is 0.897. The van der Waals surface area contributed by atoms with E-state index in [0.29, 0.717) is 12.0 Å². The Morgan fingerprint density at radius 1 is 1.33 bits per heavy atom. The van der Waals surface area contributed by atoms with Gasteiger partial charge < -0.3 is 14.8 Å². The van der Waals surface area contributed by atoms with Gasteiger partial charge in [-0.05, 0) is 25.3 Å². The molecule has 11 nitrogen and oxygen atoms in total. The molecule has 1 amide bonds. The van der Waals surface area contributed by atoms with Gasteiger partial charge in [-0.15, -0.1) is 11.3 Å². The van der Waals surface area contributed by atoms with Crippen LogP contribution in [0.5, 0.6) is 0 Å². The second-order valence-electron chi connectivity index (χ2n) is 6.24. The van der Waals surface area contributed by atoms with Crippen molar-refractivity contribution in [2.45, 2.75) is 39.7 Å². The molecule has 0 aliphatic carbocycles. The maximum atomic E-state index is 12.9. The fourth-order valence-corrected chi connectivity index (χ4v) is 3.80. The molecule has 2 aromatic heterocycles. The quantitative estimate of drug-likeness (QED) is 0.357. The molecule has 0 aromatic carbocycles. The van der Waals surface area contributed by atoms with Gasteiger partial charge in [0.25, 0.3) is 0 Å². The molecule has 0 saturated heterocycles. The SMILES string of the molecule is CCCOC(=O)c1c(NC(=O)C(CC)n2cc([N+](=O)[O-])cn2)sc(C(=O)OC)c1C. The molecule has 1 atom stereocenters. The van der Waals surface area contributed by atoms with Crippen molar-refractivity contribution < 1.29 is 28.8 Å². The number of thiophene rings is 1. The number of rotatable bonds is 9. The largest absolute Gasteiger partial charge is 0.465 e. The van der Waals surface area contributed by atoms with Crippen LogP contribution in [0.1, 0.15) is 58.3 Å². The van der Waals surface area contributed by atoms with Gasteiger partial charge in [0.2, 0.25) is 5.91 Å². The smallest absolute Gasteiger partial charge is 0.348 e. The minimum atomic E-state index is -0.859. The molecule has 0 spiro atoms. The highest BCUT2D eigenvalue weighted by Crippen LogP contribution is 2.35. The Bertz CT molecular complexity index is 966. The molecular formula is C18H22N4O7S. The van der Waals surface area contributed by atoms with Crippen LogP contribution in [0.2, 0.25) is 0 Å². The highest BCUT2D eigenvalue weighted by Gasteiger charge is 2.29. The molecule has 2 rings (SSSR count). The highest BCUT2D eigenvalue weighted by molar-refractivity contribution is 7.18. The minimum Gasteiger partial charge on any atom is -0.465 e. The van der Waals surface area contributed by atoms with Crippen LogP contribution in [0.3, 0.4) is 0 Å². The number of methoxy groups -OCH3 is 1. The van der Waals surface area contributed by atoms with Crippen molar-refractivity contribution in [1.29, 1.82) is 0 Å². The number of amides is 1. The van der Waals surface area contributed by atoms with Gasteiger partial charge in [-0.2, -0.15) is 5.10 Å². The van der Waals surface area contributed by atoms with Gasteiger partial charge in [0.05, 0.1) is 24.2 Å². The number of hydrogen-bond donors (Lipinski definition) is 1. The minimum absolute atomic E-state index is 0.0727. The molecule has 2 heterocycles. The average Bonchev–Trinajstić information content (AvgIpc) is 3.31. The Hall–Kier alpha value is -3.28. The molecular weight excluding hydrogens is 416 g/mol. The van der Waals surface area contributed by atoms with E-state index < -0.39 is 28.8 Å². The molecule has 30 heavy (non-hydrogen) atoms. The fraction of sp³-hybridized carbons (Fsp3) is 0.444. The number of nitrogens with zero attached hydrogens (tertiary/aromatic N) is 3. The van der Waals surface area contributed by atoms with Crippen LogP contribution in [0, 0.1) is 17.0 Å². The Kier molecular flexibility index (Phi) is 7.64. The first kappa shape index (κ1) is 23.0. The Labute approximate surface area is 176 Å². The van der Waals surface area contributed by atoms with Crippen molar-refractivity contribution in [1.82, 2.24) is 9.78 Å². The van der Waals surface area contributed by atoms with Crippen LogP contribution in [-0.4, -0.2) is 46.3 Å². The number of aromatic nitrogens is 2. The fourth-order valence-electron chi connectivity index (χ4n) is 2.68. The van der Waals surface area contributed by atoms with E-state index in [9.17, 15) is 24.5 Å². The van der Waals surface area contributed by atoms with E-state index in [1.807, 2.05) is 6.92 Å². The summed E-state index contributed by atoms with van der Waals surface area (Å²) in [5.74, 6) is -1.85. The number of nitro groups is 1. The topological polar surface area (TPSA) is 143 Å². The lowest BCUT2D eigenvalue weighted by Gasteiger charge is -2.15. The molecule has 0 aliphatic heterocycles. The highest BCUT2D eigenvalue weighted by atomic mass is 32.1. The number of carbonyl (C=O) groups excluding carboxylic acids is 3. The molecule has 0 fully saturated rings. The summed E-state index contributed by atoms with van der Waals surface area (Å²) in [6.45, 7) is 5.30. The van der Waals surface area contributed by atoms with Crippen molar-refractivity contribution >= 4 is 39.9 Å². The molecule has 0 saturated carbocycles. The maximum absolute atomic E-state index is 12.9. The number of hydrogen-bond acceptors (Lipinski definition) is 9. The van der Waals surface area contributed by atoms with E-state index in [1.54, 1.807) is 13.8 Å². The second-order valence-corrected chi connectivity index (χ2v) is 7.26. The Morgan fingerprint density at radius 3 is 2.57 bits per heavy atom. The summed E-state index contributed by atoms with van der Waals surface area (Å²) in [7, 11) is 1.21. The van der Waals surface area contributed by atoms with E-state index in [0.717, 1.165) is 23.7 Å². The molecule has 162 valence electrons. The number of anilines is 1. The zero-order valence-corrected chi connectivity index (χ0v) is 17.8. The normalized spacial score (nSPS) is 11.6. The Morgan fingerprint density at radius 2 is 2.03 bits per heavy atom. The number of ether oxygens (including phenoxy) is 2. The van der Waals surface area contributed by atoms with Gasteiger partial charge in [-0.1, -0.05) is 13.8 Å². The molecule has 2 aromatic rings. The van der Waals surface area contributed by atoms with Crippen LogP contribution < -0.4 is 5.32 Å². The molecule has 1 unspecified atom stereocenters. The van der Waals surface area contributed by atoms with Crippen molar-refractivity contribution in [2.24, 2.45) is 0 Å². The second kappa shape index (κ2) is 9.96. The lowest BCUT2D eigenvalue weighted by atomic mass is 10.1. The molecule has 0 radical (unpaired) electrons. The van der Waals surface area contributed by atoms with Gasteiger partial charge in [-0.3, -0.25) is 19.6 Å². The van der Waals surface area contributed by atoms with E-state index in [2.05, 4.69) is 10.4 Å². The number of nitrogens with one attached hydrogen (secondary N) is 1. The standard InChI is InChI=1S/C18H22N4O7S/c1-5-7-29-17(24)13-10(3)14(18(25)28-4)30-16(13)20-15(23)12(6-2)21-9-11(8-19-21)22(26)27/h8-9,12H,5-7H2,1-4H3,(H,20,23). The molecule has 1 N–H and O–H groups in total. The summed E-state index contributed by atoms with van der Waals surface area (Å²) in [4.78, 5) is 47.9. The van der Waals surface area contributed by atoms with Crippen LogP contribution in [0.25, 0.3) is 0 Å². The van der Waals surface area contributed by atoms with E-state index >= 15 is 0 Å².